The summed E-state index contributed by atoms with van der Waals surface area (Å²) >= 11 is 0. The summed E-state index contributed by atoms with van der Waals surface area (Å²) in [6.07, 6.45) is 7.25. The van der Waals surface area contributed by atoms with Crippen molar-refractivity contribution in [2.24, 2.45) is 11.8 Å². The summed E-state index contributed by atoms with van der Waals surface area (Å²) < 4.78 is 5.73. The first kappa shape index (κ1) is 9.94. The largest absolute Gasteiger partial charge is 0.368 e. The quantitative estimate of drug-likeness (QED) is 0.683. The van der Waals surface area contributed by atoms with Gasteiger partial charge in [0.25, 0.3) is 0 Å². The molecule has 0 radical (unpaired) electrons. The third kappa shape index (κ3) is 1.25. The Morgan fingerprint density at radius 3 is 2.07 bits per heavy atom. The van der Waals surface area contributed by atoms with Crippen molar-refractivity contribution in [3.63, 3.8) is 0 Å². The number of hydrogen-bond acceptors (Lipinski definition) is 2. The van der Waals surface area contributed by atoms with E-state index in [2.05, 4.69) is 13.2 Å². The van der Waals surface area contributed by atoms with E-state index in [9.17, 15) is 5.11 Å². The van der Waals surface area contributed by atoms with Crippen LogP contribution in [0.15, 0.2) is 25.3 Å². The zero-order valence-corrected chi connectivity index (χ0v) is 8.48. The molecule has 1 saturated heterocycles. The first-order valence-electron chi connectivity index (χ1n) is 5.34. The van der Waals surface area contributed by atoms with Crippen molar-refractivity contribution in [3.8, 4) is 0 Å². The topological polar surface area (TPSA) is 29.5 Å². The minimum Gasteiger partial charge on any atom is -0.368 e. The van der Waals surface area contributed by atoms with Gasteiger partial charge in [-0.1, -0.05) is 12.2 Å². The van der Waals surface area contributed by atoms with Gasteiger partial charge in [-0.3, -0.25) is 0 Å². The molecule has 1 heterocycles. The summed E-state index contributed by atoms with van der Waals surface area (Å²) in [5.41, 5.74) is -0.192. The van der Waals surface area contributed by atoms with Gasteiger partial charge >= 0.3 is 0 Å². The summed E-state index contributed by atoms with van der Waals surface area (Å²) in [6, 6.07) is 0. The number of aliphatic hydroxyl groups excluding tert-OH is 1. The highest BCUT2D eigenvalue weighted by atomic mass is 16.6. The van der Waals surface area contributed by atoms with Gasteiger partial charge in [-0.05, 0) is 19.3 Å². The van der Waals surface area contributed by atoms with Crippen LogP contribution in [0, 0.1) is 11.8 Å². The highest BCUT2D eigenvalue weighted by Gasteiger charge is 2.52. The van der Waals surface area contributed by atoms with Crippen LogP contribution in [0.4, 0.5) is 0 Å². The molecule has 0 aromatic rings. The Hall–Kier alpha value is -0.600. The fourth-order valence-electron chi connectivity index (χ4n) is 3.02. The average Bonchev–Trinajstić information content (AvgIpc) is 2.72. The Balaban J connectivity index is 2.26. The van der Waals surface area contributed by atoms with Crippen molar-refractivity contribution >= 4 is 0 Å². The van der Waals surface area contributed by atoms with E-state index in [0.29, 0.717) is 11.8 Å². The van der Waals surface area contributed by atoms with Crippen LogP contribution >= 0.6 is 0 Å². The minimum atomic E-state index is -0.585. The second kappa shape index (κ2) is 3.52. The van der Waals surface area contributed by atoms with E-state index in [-0.39, 0.29) is 5.60 Å². The van der Waals surface area contributed by atoms with Crippen molar-refractivity contribution in [3.05, 3.63) is 25.3 Å². The molecule has 1 aliphatic carbocycles. The molecule has 0 bridgehead atoms. The molecule has 78 valence electrons. The van der Waals surface area contributed by atoms with Crippen molar-refractivity contribution in [1.29, 1.82) is 0 Å². The van der Waals surface area contributed by atoms with E-state index in [4.69, 9.17) is 4.74 Å². The number of aliphatic hydroxyl groups is 1. The fraction of sp³-hybridized carbons (Fsp3) is 0.667. The van der Waals surface area contributed by atoms with Crippen LogP contribution in [0.3, 0.4) is 0 Å². The third-order valence-corrected chi connectivity index (χ3v) is 3.75. The van der Waals surface area contributed by atoms with Gasteiger partial charge < -0.3 is 9.84 Å². The molecule has 14 heavy (non-hydrogen) atoms. The second-order valence-electron chi connectivity index (χ2n) is 4.33. The maximum atomic E-state index is 9.49. The SMILES string of the molecule is C=C[C@@H]1CC[C@@H](C=C)C12CCC(O)O2. The van der Waals surface area contributed by atoms with E-state index in [0.717, 1.165) is 25.7 Å². The Kier molecular flexibility index (Phi) is 2.50. The molecule has 1 N–H and O–H groups in total. The highest BCUT2D eigenvalue weighted by molar-refractivity contribution is 5.12. The van der Waals surface area contributed by atoms with Crippen molar-refractivity contribution < 1.29 is 9.84 Å². The maximum Gasteiger partial charge on any atom is 0.155 e. The lowest BCUT2D eigenvalue weighted by molar-refractivity contribution is -0.155. The molecule has 2 nitrogen and oxygen atoms in total. The number of ether oxygens (including phenoxy) is 1. The van der Waals surface area contributed by atoms with Crippen LogP contribution in [0.25, 0.3) is 0 Å². The zero-order valence-electron chi connectivity index (χ0n) is 8.48. The molecular formula is C12H18O2. The summed E-state index contributed by atoms with van der Waals surface area (Å²) in [7, 11) is 0. The van der Waals surface area contributed by atoms with Gasteiger partial charge in [-0.2, -0.15) is 0 Å². The normalized spacial score (nSPS) is 40.2. The van der Waals surface area contributed by atoms with Crippen LogP contribution in [-0.2, 0) is 4.74 Å². The molecule has 1 saturated carbocycles. The van der Waals surface area contributed by atoms with Gasteiger partial charge in [0.1, 0.15) is 0 Å². The molecule has 1 spiro atoms. The lowest BCUT2D eigenvalue weighted by atomic mass is 9.82. The number of rotatable bonds is 2. The Morgan fingerprint density at radius 1 is 1.14 bits per heavy atom. The van der Waals surface area contributed by atoms with E-state index in [1.165, 1.54) is 0 Å². The lowest BCUT2D eigenvalue weighted by Crippen LogP contribution is -2.38. The van der Waals surface area contributed by atoms with Crippen molar-refractivity contribution in [2.45, 2.75) is 37.6 Å². The van der Waals surface area contributed by atoms with Crippen LogP contribution in [-0.4, -0.2) is 17.0 Å². The summed E-state index contributed by atoms with van der Waals surface area (Å²) in [5, 5.41) is 9.49. The van der Waals surface area contributed by atoms with Gasteiger partial charge in [0.05, 0.1) is 5.60 Å². The zero-order chi connectivity index (χ0) is 10.2. The third-order valence-electron chi connectivity index (χ3n) is 3.75. The monoisotopic (exact) mass is 194 g/mol. The molecule has 2 aliphatic rings. The predicted molar refractivity (Wildman–Crippen MR) is 55.7 cm³/mol. The van der Waals surface area contributed by atoms with E-state index < -0.39 is 6.29 Å². The van der Waals surface area contributed by atoms with Gasteiger partial charge in [-0.15, -0.1) is 13.2 Å². The Morgan fingerprint density at radius 2 is 1.71 bits per heavy atom. The number of hydrogen-bond donors (Lipinski definition) is 1. The van der Waals surface area contributed by atoms with Gasteiger partial charge in [0.2, 0.25) is 0 Å². The first-order chi connectivity index (χ1) is 6.73. The highest BCUT2D eigenvalue weighted by Crippen LogP contribution is 2.51. The molecule has 2 heteroatoms. The molecule has 2 fully saturated rings. The second-order valence-corrected chi connectivity index (χ2v) is 4.33. The van der Waals surface area contributed by atoms with Gasteiger partial charge in [0, 0.05) is 18.3 Å². The van der Waals surface area contributed by atoms with Crippen LogP contribution in [0.5, 0.6) is 0 Å². The average molecular weight is 194 g/mol. The standard InChI is InChI=1S/C12H18O2/c1-3-9-5-6-10(4-2)12(9)8-7-11(13)14-12/h3-4,9-11,13H,1-2,5-8H2/t9-,10-,11?/m1/s1. The predicted octanol–water partition coefficient (Wildman–Crippen LogP) is 2.25. The fourth-order valence-corrected chi connectivity index (χ4v) is 3.02. The van der Waals surface area contributed by atoms with Crippen LogP contribution in [0.1, 0.15) is 25.7 Å². The summed E-state index contributed by atoms with van der Waals surface area (Å²) in [5.74, 6) is 0.755. The molecule has 0 aromatic carbocycles. The van der Waals surface area contributed by atoms with E-state index >= 15 is 0 Å². The summed E-state index contributed by atoms with van der Waals surface area (Å²) in [6.45, 7) is 7.72. The van der Waals surface area contributed by atoms with E-state index in [1.807, 2.05) is 12.2 Å². The molecule has 0 aromatic heterocycles. The minimum absolute atomic E-state index is 0.192. The molecule has 0 amide bonds. The molecular weight excluding hydrogens is 176 g/mol. The van der Waals surface area contributed by atoms with Crippen molar-refractivity contribution in [2.75, 3.05) is 0 Å². The Labute approximate surface area is 85.3 Å². The smallest absolute Gasteiger partial charge is 0.155 e. The first-order valence-corrected chi connectivity index (χ1v) is 5.34. The van der Waals surface area contributed by atoms with Gasteiger partial charge in [-0.25, -0.2) is 0 Å². The van der Waals surface area contributed by atoms with Crippen LogP contribution < -0.4 is 0 Å². The summed E-state index contributed by atoms with van der Waals surface area (Å²) in [4.78, 5) is 0. The lowest BCUT2D eigenvalue weighted by Gasteiger charge is -2.33. The molecule has 1 unspecified atom stereocenters. The molecule has 1 aliphatic heterocycles. The van der Waals surface area contributed by atoms with E-state index in [1.54, 1.807) is 0 Å². The van der Waals surface area contributed by atoms with Crippen molar-refractivity contribution in [1.82, 2.24) is 0 Å². The molecule has 3 atom stereocenters. The molecule has 2 rings (SSSR count). The van der Waals surface area contributed by atoms with Crippen LogP contribution in [0.2, 0.25) is 0 Å². The Bertz CT molecular complexity index is 231. The van der Waals surface area contributed by atoms with Gasteiger partial charge in [0.15, 0.2) is 6.29 Å². The maximum absolute atomic E-state index is 9.49.